The summed E-state index contributed by atoms with van der Waals surface area (Å²) in [5.74, 6) is 1.59. The molecule has 0 radical (unpaired) electrons. The van der Waals surface area contributed by atoms with E-state index < -0.39 is 0 Å². The van der Waals surface area contributed by atoms with Crippen molar-refractivity contribution >= 4 is 17.6 Å². The molecule has 0 spiro atoms. The molecule has 0 aliphatic carbocycles. The van der Waals surface area contributed by atoms with E-state index in [0.29, 0.717) is 5.82 Å². The minimum Gasteiger partial charge on any atom is -0.381 e. The first-order chi connectivity index (χ1) is 6.46. The first kappa shape index (κ1) is 11.4. The lowest BCUT2D eigenvalue weighted by Gasteiger charge is -2.19. The smallest absolute Gasteiger partial charge is 0.169 e. The number of aromatic nitrogens is 3. The molecule has 0 unspecified atom stereocenters. The predicted octanol–water partition coefficient (Wildman–Crippen LogP) is 1.52. The molecule has 0 saturated carbocycles. The molecule has 0 saturated heterocycles. The molecule has 0 amide bonds. The van der Waals surface area contributed by atoms with Crippen molar-refractivity contribution in [3.63, 3.8) is 0 Å². The second-order valence-electron chi connectivity index (χ2n) is 4.29. The van der Waals surface area contributed by atoms with Crippen LogP contribution in [0.15, 0.2) is 0 Å². The molecule has 14 heavy (non-hydrogen) atoms. The Hall–Kier alpha value is -0.710. The van der Waals surface area contributed by atoms with Gasteiger partial charge in [-0.1, -0.05) is 26.0 Å². The SMILES string of the molecule is CSCCn1nnc(N)c1C(C)(C)C. The maximum Gasteiger partial charge on any atom is 0.169 e. The van der Waals surface area contributed by atoms with Gasteiger partial charge in [0.05, 0.1) is 12.2 Å². The normalized spacial score (nSPS) is 12.0. The average molecular weight is 214 g/mol. The van der Waals surface area contributed by atoms with Crippen LogP contribution in [0, 0.1) is 0 Å². The second-order valence-corrected chi connectivity index (χ2v) is 5.27. The molecule has 4 nitrogen and oxygen atoms in total. The van der Waals surface area contributed by atoms with Gasteiger partial charge in [0, 0.05) is 11.2 Å². The Balaban J connectivity index is 2.95. The van der Waals surface area contributed by atoms with E-state index in [2.05, 4.69) is 37.3 Å². The summed E-state index contributed by atoms with van der Waals surface area (Å²) in [7, 11) is 0. The fraction of sp³-hybridized carbons (Fsp3) is 0.778. The molecule has 0 atom stereocenters. The molecule has 0 fully saturated rings. The third kappa shape index (κ3) is 2.41. The quantitative estimate of drug-likeness (QED) is 0.829. The van der Waals surface area contributed by atoms with Crippen LogP contribution in [-0.2, 0) is 12.0 Å². The van der Waals surface area contributed by atoms with Gasteiger partial charge in [0.25, 0.3) is 0 Å². The van der Waals surface area contributed by atoms with Gasteiger partial charge >= 0.3 is 0 Å². The van der Waals surface area contributed by atoms with Crippen LogP contribution in [0.25, 0.3) is 0 Å². The fourth-order valence-corrected chi connectivity index (χ4v) is 1.79. The number of nitrogen functional groups attached to an aromatic ring is 1. The summed E-state index contributed by atoms with van der Waals surface area (Å²) in [6, 6.07) is 0. The van der Waals surface area contributed by atoms with Gasteiger partial charge in [-0.25, -0.2) is 4.68 Å². The minimum atomic E-state index is 0.00594. The lowest BCUT2D eigenvalue weighted by Crippen LogP contribution is -2.20. The largest absolute Gasteiger partial charge is 0.381 e. The summed E-state index contributed by atoms with van der Waals surface area (Å²) < 4.78 is 1.91. The highest BCUT2D eigenvalue weighted by Crippen LogP contribution is 2.25. The van der Waals surface area contributed by atoms with Gasteiger partial charge in [0.15, 0.2) is 5.82 Å². The number of hydrogen-bond acceptors (Lipinski definition) is 4. The molecule has 0 aliphatic rings. The van der Waals surface area contributed by atoms with E-state index in [-0.39, 0.29) is 5.41 Å². The van der Waals surface area contributed by atoms with E-state index in [1.807, 2.05) is 4.68 Å². The lowest BCUT2D eigenvalue weighted by molar-refractivity contribution is 0.496. The number of nitrogens with zero attached hydrogens (tertiary/aromatic N) is 3. The zero-order valence-electron chi connectivity index (χ0n) is 9.24. The Bertz CT molecular complexity index is 300. The number of anilines is 1. The van der Waals surface area contributed by atoms with Gasteiger partial charge in [-0.15, -0.1) is 5.10 Å². The summed E-state index contributed by atoms with van der Waals surface area (Å²) in [6.07, 6.45) is 2.08. The summed E-state index contributed by atoms with van der Waals surface area (Å²) in [5.41, 5.74) is 6.84. The van der Waals surface area contributed by atoms with Crippen molar-refractivity contribution in [3.05, 3.63) is 5.69 Å². The van der Waals surface area contributed by atoms with Crippen LogP contribution in [0.4, 0.5) is 5.82 Å². The highest BCUT2D eigenvalue weighted by Gasteiger charge is 2.23. The first-order valence-electron chi connectivity index (χ1n) is 4.65. The van der Waals surface area contributed by atoms with Crippen LogP contribution in [0.2, 0.25) is 0 Å². The highest BCUT2D eigenvalue weighted by atomic mass is 32.2. The average Bonchev–Trinajstić information content (AvgIpc) is 2.42. The summed E-state index contributed by atoms with van der Waals surface area (Å²) >= 11 is 1.80. The van der Waals surface area contributed by atoms with Gasteiger partial charge < -0.3 is 5.73 Å². The van der Waals surface area contributed by atoms with Crippen molar-refractivity contribution < 1.29 is 0 Å². The molecule has 1 rings (SSSR count). The highest BCUT2D eigenvalue weighted by molar-refractivity contribution is 7.98. The van der Waals surface area contributed by atoms with E-state index in [1.54, 1.807) is 11.8 Å². The van der Waals surface area contributed by atoms with Crippen molar-refractivity contribution in [3.8, 4) is 0 Å². The molecule has 1 heterocycles. The van der Waals surface area contributed by atoms with Crippen LogP contribution in [0.1, 0.15) is 26.5 Å². The van der Waals surface area contributed by atoms with Crippen molar-refractivity contribution in [2.75, 3.05) is 17.7 Å². The van der Waals surface area contributed by atoms with Crippen LogP contribution in [0.3, 0.4) is 0 Å². The van der Waals surface area contributed by atoms with Gasteiger partial charge in [-0.3, -0.25) is 0 Å². The van der Waals surface area contributed by atoms with E-state index >= 15 is 0 Å². The van der Waals surface area contributed by atoms with E-state index in [1.165, 1.54) is 0 Å². The number of thioether (sulfide) groups is 1. The Labute approximate surface area is 89.2 Å². The molecule has 0 aromatic carbocycles. The molecule has 1 aromatic heterocycles. The number of aryl methyl sites for hydroxylation is 1. The van der Waals surface area contributed by atoms with Crippen LogP contribution >= 0.6 is 11.8 Å². The van der Waals surface area contributed by atoms with E-state index in [9.17, 15) is 0 Å². The molecule has 0 aliphatic heterocycles. The Morgan fingerprint density at radius 3 is 2.57 bits per heavy atom. The van der Waals surface area contributed by atoms with Gasteiger partial charge in [-0.2, -0.15) is 11.8 Å². The Morgan fingerprint density at radius 1 is 1.43 bits per heavy atom. The molecule has 5 heteroatoms. The second kappa shape index (κ2) is 4.21. The van der Waals surface area contributed by atoms with Crippen molar-refractivity contribution in [1.29, 1.82) is 0 Å². The number of nitrogens with two attached hydrogens (primary N) is 1. The predicted molar refractivity (Wildman–Crippen MR) is 61.5 cm³/mol. The molecular formula is C9H18N4S. The fourth-order valence-electron chi connectivity index (χ4n) is 1.43. The Kier molecular flexibility index (Phi) is 3.42. The summed E-state index contributed by atoms with van der Waals surface area (Å²) in [4.78, 5) is 0. The monoisotopic (exact) mass is 214 g/mol. The molecule has 2 N–H and O–H groups in total. The molecule has 80 valence electrons. The molecule has 0 bridgehead atoms. The van der Waals surface area contributed by atoms with E-state index in [0.717, 1.165) is 18.0 Å². The van der Waals surface area contributed by atoms with Gasteiger partial charge in [0.2, 0.25) is 0 Å². The van der Waals surface area contributed by atoms with Crippen molar-refractivity contribution in [2.24, 2.45) is 0 Å². The third-order valence-electron chi connectivity index (χ3n) is 1.98. The number of rotatable bonds is 3. The van der Waals surface area contributed by atoms with Gasteiger partial charge in [0.1, 0.15) is 0 Å². The number of hydrogen-bond donors (Lipinski definition) is 1. The van der Waals surface area contributed by atoms with E-state index in [4.69, 9.17) is 5.73 Å². The standard InChI is InChI=1S/C9H18N4S/c1-9(2,3)7-8(10)11-12-13(7)5-6-14-4/h5-6,10H2,1-4H3. The molecule has 1 aromatic rings. The lowest BCUT2D eigenvalue weighted by atomic mass is 9.92. The first-order valence-corrected chi connectivity index (χ1v) is 6.04. The maximum atomic E-state index is 5.80. The van der Waals surface area contributed by atoms with Crippen molar-refractivity contribution in [1.82, 2.24) is 15.0 Å². The van der Waals surface area contributed by atoms with Crippen molar-refractivity contribution in [2.45, 2.75) is 32.7 Å². The summed E-state index contributed by atoms with van der Waals surface area (Å²) in [5, 5.41) is 7.97. The summed E-state index contributed by atoms with van der Waals surface area (Å²) in [6.45, 7) is 7.24. The van der Waals surface area contributed by atoms with Gasteiger partial charge in [-0.05, 0) is 6.26 Å². The zero-order valence-corrected chi connectivity index (χ0v) is 10.1. The van der Waals surface area contributed by atoms with Crippen LogP contribution < -0.4 is 5.73 Å². The topological polar surface area (TPSA) is 56.7 Å². The zero-order chi connectivity index (χ0) is 10.8. The molecular weight excluding hydrogens is 196 g/mol. The Morgan fingerprint density at radius 2 is 2.07 bits per heavy atom. The third-order valence-corrected chi connectivity index (χ3v) is 2.57. The maximum absolute atomic E-state index is 5.80. The van der Waals surface area contributed by atoms with Crippen LogP contribution in [0.5, 0.6) is 0 Å². The minimum absolute atomic E-state index is 0.00594. The van der Waals surface area contributed by atoms with Crippen LogP contribution in [-0.4, -0.2) is 27.0 Å².